The van der Waals surface area contributed by atoms with Crippen molar-refractivity contribution < 1.29 is 17.2 Å². The van der Waals surface area contributed by atoms with Gasteiger partial charge in [0.1, 0.15) is 5.82 Å². The van der Waals surface area contributed by atoms with Crippen LogP contribution in [0.15, 0.2) is 58.0 Å². The number of hydrogen-bond donors (Lipinski definition) is 1. The quantitative estimate of drug-likeness (QED) is 0.749. The van der Waals surface area contributed by atoms with Gasteiger partial charge in [0, 0.05) is 12.5 Å². The van der Waals surface area contributed by atoms with E-state index in [1.165, 1.54) is 18.2 Å². The zero-order chi connectivity index (χ0) is 17.3. The van der Waals surface area contributed by atoms with E-state index in [1.54, 1.807) is 25.3 Å². The highest BCUT2D eigenvalue weighted by molar-refractivity contribution is 7.92. The highest BCUT2D eigenvalue weighted by Gasteiger charge is 2.16. The molecular formula is C16H12ClFN2O3S. The maximum atomic E-state index is 13.0. The number of anilines is 1. The average molecular weight is 367 g/mol. The molecule has 124 valence electrons. The molecule has 3 aromatic rings. The van der Waals surface area contributed by atoms with Crippen LogP contribution >= 0.6 is 11.6 Å². The van der Waals surface area contributed by atoms with Gasteiger partial charge in [0.2, 0.25) is 0 Å². The van der Waals surface area contributed by atoms with Crippen molar-refractivity contribution in [1.29, 1.82) is 0 Å². The van der Waals surface area contributed by atoms with Crippen LogP contribution in [0.4, 0.5) is 10.1 Å². The molecule has 0 aliphatic carbocycles. The molecule has 1 N–H and O–H groups in total. The van der Waals surface area contributed by atoms with Gasteiger partial charge in [-0.25, -0.2) is 17.8 Å². The fraction of sp³-hybridized carbons (Fsp3) is 0.0625. The number of rotatable bonds is 4. The molecule has 0 unspecified atom stereocenters. The lowest BCUT2D eigenvalue weighted by Gasteiger charge is -2.10. The van der Waals surface area contributed by atoms with Gasteiger partial charge in [-0.3, -0.25) is 4.72 Å². The van der Waals surface area contributed by atoms with Crippen molar-refractivity contribution in [2.24, 2.45) is 0 Å². The molecule has 0 amide bonds. The minimum atomic E-state index is -3.85. The van der Waals surface area contributed by atoms with Gasteiger partial charge in [0.25, 0.3) is 10.0 Å². The second-order valence-corrected chi connectivity index (χ2v) is 7.09. The van der Waals surface area contributed by atoms with Crippen LogP contribution in [0.1, 0.15) is 5.89 Å². The predicted molar refractivity (Wildman–Crippen MR) is 88.9 cm³/mol. The van der Waals surface area contributed by atoms with E-state index >= 15 is 0 Å². The Hall–Kier alpha value is -2.38. The van der Waals surface area contributed by atoms with Crippen LogP contribution in [0, 0.1) is 12.7 Å². The number of hydrogen-bond acceptors (Lipinski definition) is 4. The Balaban J connectivity index is 1.87. The maximum Gasteiger partial charge on any atom is 0.261 e. The Bertz CT molecular complexity index is 985. The highest BCUT2D eigenvalue weighted by Crippen LogP contribution is 2.27. The standard InChI is InChI=1S/C16H12ClFN2O3S/c1-10-19-9-16(23-10)11-2-5-13(6-3-11)24(21,22)20-15-7-4-12(18)8-14(15)17/h2-9,20H,1H3. The second kappa shape index (κ2) is 6.26. The number of sulfonamides is 1. The molecule has 1 heterocycles. The molecular weight excluding hydrogens is 355 g/mol. The van der Waals surface area contributed by atoms with Crippen molar-refractivity contribution in [3.8, 4) is 11.3 Å². The molecule has 3 rings (SSSR count). The zero-order valence-corrected chi connectivity index (χ0v) is 14.0. The van der Waals surface area contributed by atoms with Crippen LogP contribution in [0.3, 0.4) is 0 Å². The number of aromatic nitrogens is 1. The Morgan fingerprint density at radius 3 is 2.46 bits per heavy atom. The summed E-state index contributed by atoms with van der Waals surface area (Å²) in [5.74, 6) is 0.523. The molecule has 0 saturated carbocycles. The van der Waals surface area contributed by atoms with Gasteiger partial charge >= 0.3 is 0 Å². The first kappa shape index (κ1) is 16.5. The van der Waals surface area contributed by atoms with Gasteiger partial charge in [-0.2, -0.15) is 0 Å². The van der Waals surface area contributed by atoms with E-state index < -0.39 is 15.8 Å². The number of nitrogens with zero attached hydrogens (tertiary/aromatic N) is 1. The first-order chi connectivity index (χ1) is 11.3. The van der Waals surface area contributed by atoms with Crippen molar-refractivity contribution in [1.82, 2.24) is 4.98 Å². The van der Waals surface area contributed by atoms with Gasteiger partial charge in [0.05, 0.1) is 21.8 Å². The van der Waals surface area contributed by atoms with Gasteiger partial charge < -0.3 is 4.42 Å². The van der Waals surface area contributed by atoms with Gasteiger partial charge in [0.15, 0.2) is 11.7 Å². The summed E-state index contributed by atoms with van der Waals surface area (Å²) in [6.07, 6.45) is 1.56. The number of aryl methyl sites for hydroxylation is 1. The van der Waals surface area contributed by atoms with E-state index in [0.29, 0.717) is 17.2 Å². The molecule has 0 aliphatic rings. The van der Waals surface area contributed by atoms with Crippen molar-refractivity contribution in [2.45, 2.75) is 11.8 Å². The lowest BCUT2D eigenvalue weighted by Crippen LogP contribution is -2.13. The number of nitrogens with one attached hydrogen (secondary N) is 1. The monoisotopic (exact) mass is 366 g/mol. The minimum absolute atomic E-state index is 0.0210. The van der Waals surface area contributed by atoms with E-state index in [9.17, 15) is 12.8 Å². The number of benzene rings is 2. The smallest absolute Gasteiger partial charge is 0.261 e. The van der Waals surface area contributed by atoms with E-state index in [2.05, 4.69) is 9.71 Å². The third kappa shape index (κ3) is 3.42. The van der Waals surface area contributed by atoms with Gasteiger partial charge in [-0.15, -0.1) is 0 Å². The van der Waals surface area contributed by atoms with Crippen LogP contribution in [0.25, 0.3) is 11.3 Å². The van der Waals surface area contributed by atoms with Crippen LogP contribution in [0.2, 0.25) is 5.02 Å². The molecule has 0 fully saturated rings. The van der Waals surface area contributed by atoms with Gasteiger partial charge in [-0.1, -0.05) is 11.6 Å². The van der Waals surface area contributed by atoms with E-state index in [-0.39, 0.29) is 15.6 Å². The highest BCUT2D eigenvalue weighted by atomic mass is 35.5. The van der Waals surface area contributed by atoms with E-state index in [4.69, 9.17) is 16.0 Å². The SMILES string of the molecule is Cc1ncc(-c2ccc(S(=O)(=O)Nc3ccc(F)cc3Cl)cc2)o1. The lowest BCUT2D eigenvalue weighted by atomic mass is 10.2. The molecule has 0 spiro atoms. The van der Waals surface area contributed by atoms with Crippen LogP contribution in [-0.2, 0) is 10.0 Å². The average Bonchev–Trinajstić information content (AvgIpc) is 2.97. The fourth-order valence-electron chi connectivity index (χ4n) is 2.07. The number of halogens is 2. The molecule has 8 heteroatoms. The van der Waals surface area contributed by atoms with Crippen molar-refractivity contribution in [3.63, 3.8) is 0 Å². The third-order valence-corrected chi connectivity index (χ3v) is 4.94. The number of oxazole rings is 1. The fourth-order valence-corrected chi connectivity index (χ4v) is 3.42. The first-order valence-electron chi connectivity index (χ1n) is 6.86. The van der Waals surface area contributed by atoms with Crippen molar-refractivity contribution in [2.75, 3.05) is 4.72 Å². The normalized spacial score (nSPS) is 11.5. The minimum Gasteiger partial charge on any atom is -0.441 e. The first-order valence-corrected chi connectivity index (χ1v) is 8.72. The Labute approximate surface area is 143 Å². The summed E-state index contributed by atoms with van der Waals surface area (Å²) in [6.45, 7) is 1.72. The Kier molecular flexibility index (Phi) is 4.29. The molecule has 0 radical (unpaired) electrons. The summed E-state index contributed by atoms with van der Waals surface area (Å²) in [7, 11) is -3.85. The molecule has 5 nitrogen and oxygen atoms in total. The Morgan fingerprint density at radius 2 is 1.88 bits per heavy atom. The van der Waals surface area contributed by atoms with Crippen molar-refractivity contribution in [3.05, 3.63) is 65.4 Å². The molecule has 2 aromatic carbocycles. The summed E-state index contributed by atoms with van der Waals surface area (Å²) in [5.41, 5.74) is 0.808. The molecule has 0 bridgehead atoms. The molecule has 0 saturated heterocycles. The van der Waals surface area contributed by atoms with Gasteiger partial charge in [-0.05, 0) is 42.5 Å². The van der Waals surface area contributed by atoms with E-state index in [1.807, 2.05) is 0 Å². The molecule has 0 aliphatic heterocycles. The second-order valence-electron chi connectivity index (χ2n) is 5.00. The summed E-state index contributed by atoms with van der Waals surface area (Å²) in [6, 6.07) is 9.52. The third-order valence-electron chi connectivity index (χ3n) is 3.25. The summed E-state index contributed by atoms with van der Waals surface area (Å²) < 4.78 is 45.5. The lowest BCUT2D eigenvalue weighted by molar-refractivity contribution is 0.534. The zero-order valence-electron chi connectivity index (χ0n) is 12.5. The summed E-state index contributed by atoms with van der Waals surface area (Å²) >= 11 is 5.84. The maximum absolute atomic E-state index is 13.0. The van der Waals surface area contributed by atoms with Crippen LogP contribution in [-0.4, -0.2) is 13.4 Å². The molecule has 1 aromatic heterocycles. The Morgan fingerprint density at radius 1 is 1.17 bits per heavy atom. The van der Waals surface area contributed by atoms with E-state index in [0.717, 1.165) is 12.1 Å². The van der Waals surface area contributed by atoms with Crippen LogP contribution < -0.4 is 4.72 Å². The topological polar surface area (TPSA) is 72.2 Å². The molecule has 24 heavy (non-hydrogen) atoms. The largest absolute Gasteiger partial charge is 0.441 e. The summed E-state index contributed by atoms with van der Waals surface area (Å²) in [5, 5.41) is -0.0210. The predicted octanol–water partition coefficient (Wildman–Crippen LogP) is 4.24. The summed E-state index contributed by atoms with van der Waals surface area (Å²) in [4.78, 5) is 4.04. The molecule has 0 atom stereocenters. The van der Waals surface area contributed by atoms with Crippen LogP contribution in [0.5, 0.6) is 0 Å². The van der Waals surface area contributed by atoms with Crippen molar-refractivity contribution >= 4 is 27.3 Å².